The molecule has 1 atom stereocenters. The van der Waals surface area contributed by atoms with Crippen molar-refractivity contribution in [2.75, 3.05) is 0 Å². The lowest BCUT2D eigenvalue weighted by molar-refractivity contribution is -0.123. The van der Waals surface area contributed by atoms with Gasteiger partial charge in [-0.15, -0.1) is 0 Å². The van der Waals surface area contributed by atoms with Gasteiger partial charge in [0.1, 0.15) is 6.61 Å². The Hall–Kier alpha value is -2.08. The molecule has 6 nitrogen and oxygen atoms in total. The normalized spacial score (nSPS) is 11.8. The zero-order valence-corrected chi connectivity index (χ0v) is 11.8. The summed E-state index contributed by atoms with van der Waals surface area (Å²) in [4.78, 5) is 22.9. The summed E-state index contributed by atoms with van der Waals surface area (Å²) in [6.07, 6.45) is -0.175. The molecule has 4 N–H and O–H groups in total. The smallest absolute Gasteiger partial charge is 0.426 e. The highest BCUT2D eigenvalue weighted by Gasteiger charge is 2.15. The van der Waals surface area contributed by atoms with Crippen LogP contribution in [0, 0.1) is 5.92 Å². The van der Waals surface area contributed by atoms with Crippen molar-refractivity contribution in [1.82, 2.24) is 10.9 Å². The van der Waals surface area contributed by atoms with Crippen LogP contribution in [0.25, 0.3) is 0 Å². The summed E-state index contributed by atoms with van der Waals surface area (Å²) in [5, 5.41) is 0. The molecule has 0 aliphatic rings. The third-order valence-electron chi connectivity index (χ3n) is 2.56. The number of benzene rings is 1. The largest absolute Gasteiger partial charge is 0.443 e. The summed E-state index contributed by atoms with van der Waals surface area (Å²) in [5.41, 5.74) is 10.9. The highest BCUT2D eigenvalue weighted by Crippen LogP contribution is 2.02. The molecule has 0 aromatic heterocycles. The average Bonchev–Trinajstić information content (AvgIpc) is 2.42. The van der Waals surface area contributed by atoms with E-state index in [1.54, 1.807) is 0 Å². The molecule has 0 unspecified atom stereocenters. The number of carbonyl (C=O) groups is 2. The molecule has 0 saturated carbocycles. The van der Waals surface area contributed by atoms with Crippen molar-refractivity contribution < 1.29 is 14.3 Å². The van der Waals surface area contributed by atoms with Crippen molar-refractivity contribution in [2.24, 2.45) is 11.7 Å². The van der Waals surface area contributed by atoms with Crippen LogP contribution in [0.1, 0.15) is 25.8 Å². The molecule has 0 spiro atoms. The molecule has 0 aliphatic heterocycles. The van der Waals surface area contributed by atoms with Crippen molar-refractivity contribution >= 4 is 12.0 Å². The van der Waals surface area contributed by atoms with Crippen molar-refractivity contribution in [1.29, 1.82) is 0 Å². The number of hydrogen-bond acceptors (Lipinski definition) is 4. The van der Waals surface area contributed by atoms with Gasteiger partial charge in [-0.3, -0.25) is 10.2 Å². The van der Waals surface area contributed by atoms with Gasteiger partial charge in [0.2, 0.25) is 0 Å². The van der Waals surface area contributed by atoms with Crippen LogP contribution >= 0.6 is 0 Å². The topological polar surface area (TPSA) is 93.5 Å². The van der Waals surface area contributed by atoms with E-state index in [1.165, 1.54) is 0 Å². The minimum atomic E-state index is -0.723. The number of hydrazine groups is 1. The van der Waals surface area contributed by atoms with Crippen molar-refractivity contribution in [3.05, 3.63) is 35.9 Å². The molecule has 1 aromatic carbocycles. The van der Waals surface area contributed by atoms with E-state index in [9.17, 15) is 9.59 Å². The van der Waals surface area contributed by atoms with Crippen LogP contribution in [0.15, 0.2) is 30.3 Å². The Balaban J connectivity index is 2.24. The van der Waals surface area contributed by atoms with Gasteiger partial charge in [0.25, 0.3) is 5.91 Å². The lowest BCUT2D eigenvalue weighted by atomic mass is 10.0. The van der Waals surface area contributed by atoms with Crippen LogP contribution in [0.3, 0.4) is 0 Å². The molecule has 0 radical (unpaired) electrons. The van der Waals surface area contributed by atoms with E-state index in [0.29, 0.717) is 12.3 Å². The van der Waals surface area contributed by atoms with E-state index in [2.05, 4.69) is 10.9 Å². The van der Waals surface area contributed by atoms with Crippen LogP contribution in [-0.4, -0.2) is 18.0 Å². The Morgan fingerprint density at radius 1 is 1.20 bits per heavy atom. The Kier molecular flexibility index (Phi) is 6.52. The monoisotopic (exact) mass is 279 g/mol. The summed E-state index contributed by atoms with van der Waals surface area (Å²) in [5.74, 6) is -0.129. The number of nitrogens with one attached hydrogen (secondary N) is 2. The standard InChI is InChI=1S/C14H21N3O3/c1-10(2)8-12(15)13(18)16-17-14(19)20-9-11-6-4-3-5-7-11/h3-7,10,12H,8-9,15H2,1-2H3,(H,16,18)(H,17,19)/t12-/m0/s1. The van der Waals surface area contributed by atoms with Gasteiger partial charge in [0, 0.05) is 0 Å². The average molecular weight is 279 g/mol. The number of rotatable bonds is 5. The maximum atomic E-state index is 11.6. The maximum absolute atomic E-state index is 11.6. The van der Waals surface area contributed by atoms with Crippen molar-refractivity contribution in [2.45, 2.75) is 32.9 Å². The zero-order chi connectivity index (χ0) is 15.0. The van der Waals surface area contributed by atoms with Crippen LogP contribution in [0.5, 0.6) is 0 Å². The van der Waals surface area contributed by atoms with Gasteiger partial charge in [-0.25, -0.2) is 10.2 Å². The number of ether oxygens (including phenoxy) is 1. The second kappa shape index (κ2) is 8.16. The molecule has 0 aliphatic carbocycles. The summed E-state index contributed by atoms with van der Waals surface area (Å²) < 4.78 is 4.93. The van der Waals surface area contributed by atoms with Crippen molar-refractivity contribution in [3.8, 4) is 0 Å². The highest BCUT2D eigenvalue weighted by atomic mass is 16.6. The summed E-state index contributed by atoms with van der Waals surface area (Å²) >= 11 is 0. The summed E-state index contributed by atoms with van der Waals surface area (Å²) in [6, 6.07) is 8.60. The second-order valence-corrected chi connectivity index (χ2v) is 4.91. The van der Waals surface area contributed by atoms with Gasteiger partial charge in [-0.05, 0) is 17.9 Å². The molecule has 2 amide bonds. The first kappa shape index (κ1) is 16.0. The van der Waals surface area contributed by atoms with Crippen LogP contribution in [0.2, 0.25) is 0 Å². The molecule has 6 heteroatoms. The number of nitrogens with two attached hydrogens (primary N) is 1. The van der Waals surface area contributed by atoms with E-state index in [4.69, 9.17) is 10.5 Å². The van der Waals surface area contributed by atoms with Gasteiger partial charge in [0.15, 0.2) is 0 Å². The molecule has 1 aromatic rings. The highest BCUT2D eigenvalue weighted by molar-refractivity contribution is 5.83. The third kappa shape index (κ3) is 6.19. The third-order valence-corrected chi connectivity index (χ3v) is 2.56. The van der Waals surface area contributed by atoms with E-state index in [-0.39, 0.29) is 6.61 Å². The van der Waals surface area contributed by atoms with Gasteiger partial charge in [-0.2, -0.15) is 0 Å². The Bertz CT molecular complexity index is 435. The fraction of sp³-hybridized carbons (Fsp3) is 0.429. The maximum Gasteiger partial charge on any atom is 0.426 e. The van der Waals surface area contributed by atoms with E-state index in [1.807, 2.05) is 44.2 Å². The molecular weight excluding hydrogens is 258 g/mol. The molecule has 20 heavy (non-hydrogen) atoms. The van der Waals surface area contributed by atoms with Gasteiger partial charge in [0.05, 0.1) is 6.04 Å². The fourth-order valence-electron chi connectivity index (χ4n) is 1.58. The number of amides is 2. The Morgan fingerprint density at radius 2 is 1.85 bits per heavy atom. The van der Waals surface area contributed by atoms with Gasteiger partial charge < -0.3 is 10.5 Å². The van der Waals surface area contributed by atoms with Crippen LogP contribution < -0.4 is 16.6 Å². The quantitative estimate of drug-likeness (QED) is 0.709. The summed E-state index contributed by atoms with van der Waals surface area (Å²) in [7, 11) is 0. The minimum absolute atomic E-state index is 0.139. The lowest BCUT2D eigenvalue weighted by Gasteiger charge is -2.14. The van der Waals surface area contributed by atoms with Gasteiger partial charge >= 0.3 is 6.09 Å². The summed E-state index contributed by atoms with van der Waals surface area (Å²) in [6.45, 7) is 4.07. The Morgan fingerprint density at radius 3 is 2.45 bits per heavy atom. The predicted octanol–water partition coefficient (Wildman–Crippen LogP) is 1.32. The second-order valence-electron chi connectivity index (χ2n) is 4.91. The fourth-order valence-corrected chi connectivity index (χ4v) is 1.58. The minimum Gasteiger partial charge on any atom is -0.443 e. The van der Waals surface area contributed by atoms with E-state index < -0.39 is 18.0 Å². The molecule has 0 fully saturated rings. The molecule has 110 valence electrons. The van der Waals surface area contributed by atoms with E-state index >= 15 is 0 Å². The number of hydrogen-bond donors (Lipinski definition) is 3. The SMILES string of the molecule is CC(C)C[C@H](N)C(=O)NNC(=O)OCc1ccccc1. The zero-order valence-electron chi connectivity index (χ0n) is 11.8. The van der Waals surface area contributed by atoms with E-state index in [0.717, 1.165) is 5.56 Å². The molecule has 0 saturated heterocycles. The number of carbonyl (C=O) groups excluding carboxylic acids is 2. The first-order chi connectivity index (χ1) is 9.49. The molecular formula is C14H21N3O3. The first-order valence-corrected chi connectivity index (χ1v) is 6.51. The van der Waals surface area contributed by atoms with Gasteiger partial charge in [-0.1, -0.05) is 44.2 Å². The predicted molar refractivity (Wildman–Crippen MR) is 75.3 cm³/mol. The molecule has 1 rings (SSSR count). The Labute approximate surface area is 118 Å². The van der Waals surface area contributed by atoms with Crippen LogP contribution in [0.4, 0.5) is 4.79 Å². The molecule has 0 heterocycles. The first-order valence-electron chi connectivity index (χ1n) is 6.51. The lowest BCUT2D eigenvalue weighted by Crippen LogP contribution is -2.49. The van der Waals surface area contributed by atoms with Crippen LogP contribution in [-0.2, 0) is 16.1 Å². The molecule has 0 bridgehead atoms. The van der Waals surface area contributed by atoms with Crippen molar-refractivity contribution in [3.63, 3.8) is 0 Å².